The van der Waals surface area contributed by atoms with Crippen LogP contribution in [0, 0.1) is 0 Å². The third-order valence-electron chi connectivity index (χ3n) is 19.8. The SMILES string of the molecule is CC/C=C\C/C=C\C/C=C\C/C=C\C/C=C\C/C=C\CCCCCCCCCCCCCCCCC(=O)OCC(O)COP(=O)(O)OCC(O)COP(=O)(O)OCC(COC(=O)CCCCCCCCCCCC/C=C\C/C=C\C/C=C\C/C=C\C/C=C\C/C=C\CC)OC(=O)CCCCCCCCC/C=C\C/C=C\C/C=C\C/C=C\CCCCC. The Morgan fingerprint density at radius 3 is 0.694 bits per heavy atom. The molecule has 0 rings (SSSR count). The number of phosphoric acid groups is 2. The number of rotatable bonds is 89. The van der Waals surface area contributed by atoms with E-state index in [0.29, 0.717) is 19.3 Å². The first-order valence-corrected chi connectivity index (χ1v) is 50.7. The van der Waals surface area contributed by atoms with E-state index < -0.39 is 91.5 Å². The van der Waals surface area contributed by atoms with Gasteiger partial charge in [-0.3, -0.25) is 32.5 Å². The lowest BCUT2D eigenvalue weighted by atomic mass is 10.0. The molecule has 0 heterocycles. The second kappa shape index (κ2) is 93.5. The Kier molecular flexibility index (Phi) is 89.2. The summed E-state index contributed by atoms with van der Waals surface area (Å²) < 4.78 is 61.6. The summed E-state index contributed by atoms with van der Waals surface area (Å²) in [6.07, 6.45) is 125. The molecule has 0 bridgehead atoms. The first-order chi connectivity index (χ1) is 59.2. The third kappa shape index (κ3) is 94.9. The number of aliphatic hydroxyl groups is 2. The Bertz CT molecular complexity index is 2980. The number of aliphatic hydroxyl groups excluding tert-OH is 2. The zero-order valence-electron chi connectivity index (χ0n) is 76.1. The van der Waals surface area contributed by atoms with Gasteiger partial charge in [0.15, 0.2) is 6.10 Å². The molecular weight excluding hydrogens is 1560 g/mol. The van der Waals surface area contributed by atoms with E-state index in [1.807, 2.05) is 0 Å². The number of carbonyl (C=O) groups is 3. The normalized spacial score (nSPS) is 14.6. The lowest BCUT2D eigenvalue weighted by molar-refractivity contribution is -0.161. The highest BCUT2D eigenvalue weighted by atomic mass is 31.2. The Morgan fingerprint density at radius 2 is 0.438 bits per heavy atom. The van der Waals surface area contributed by atoms with Crippen LogP contribution in [0.3, 0.4) is 0 Å². The Balaban J connectivity index is 4.62. The van der Waals surface area contributed by atoms with Crippen molar-refractivity contribution >= 4 is 33.6 Å². The summed E-state index contributed by atoms with van der Waals surface area (Å²) in [7, 11) is -9.82. The molecule has 5 atom stereocenters. The van der Waals surface area contributed by atoms with Gasteiger partial charge in [0.2, 0.25) is 0 Å². The molecule has 0 aromatic heterocycles. The number of ether oxygens (including phenoxy) is 3. The van der Waals surface area contributed by atoms with Gasteiger partial charge >= 0.3 is 33.6 Å². The molecule has 16 nitrogen and oxygen atoms in total. The highest BCUT2D eigenvalue weighted by molar-refractivity contribution is 7.47. The summed E-state index contributed by atoms with van der Waals surface area (Å²) in [5.41, 5.74) is 0. The van der Waals surface area contributed by atoms with E-state index in [4.69, 9.17) is 32.3 Å². The van der Waals surface area contributed by atoms with Gasteiger partial charge in [-0.1, -0.05) is 389 Å². The molecule has 0 aliphatic heterocycles. The van der Waals surface area contributed by atoms with Crippen LogP contribution in [-0.4, -0.2) is 95.9 Å². The fraction of sp³-hybridized carbons (Fsp3) is 0.660. The molecule has 0 aromatic carbocycles. The van der Waals surface area contributed by atoms with Gasteiger partial charge in [0, 0.05) is 19.3 Å². The molecule has 690 valence electrons. The molecule has 5 unspecified atom stereocenters. The van der Waals surface area contributed by atoms with Crippen molar-refractivity contribution in [2.75, 3.05) is 39.6 Å². The number of carbonyl (C=O) groups excluding carboxylic acids is 3. The smallest absolute Gasteiger partial charge is 0.463 e. The van der Waals surface area contributed by atoms with E-state index in [0.717, 1.165) is 199 Å². The van der Waals surface area contributed by atoms with Crippen LogP contribution < -0.4 is 0 Å². The quantitative estimate of drug-likeness (QED) is 0.0146. The van der Waals surface area contributed by atoms with Crippen LogP contribution in [0.2, 0.25) is 0 Å². The predicted octanol–water partition coefficient (Wildman–Crippen LogP) is 29.8. The first-order valence-electron chi connectivity index (χ1n) is 47.7. The minimum atomic E-state index is -4.95. The van der Waals surface area contributed by atoms with Crippen LogP contribution in [0.4, 0.5) is 0 Å². The maximum absolute atomic E-state index is 13.1. The molecule has 0 amide bonds. The number of phosphoric ester groups is 2. The zero-order chi connectivity index (χ0) is 87.9. The van der Waals surface area contributed by atoms with Gasteiger partial charge in [-0.2, -0.15) is 0 Å². The lowest BCUT2D eigenvalue weighted by Crippen LogP contribution is -2.30. The Labute approximate surface area is 737 Å². The van der Waals surface area contributed by atoms with E-state index in [1.54, 1.807) is 0 Å². The zero-order valence-corrected chi connectivity index (χ0v) is 77.9. The monoisotopic (exact) mass is 1730 g/mol. The molecule has 0 aliphatic carbocycles. The van der Waals surface area contributed by atoms with Crippen molar-refractivity contribution in [3.05, 3.63) is 194 Å². The van der Waals surface area contributed by atoms with Crippen LogP contribution in [0.15, 0.2) is 194 Å². The average Bonchev–Trinajstić information content (AvgIpc) is 0.887. The van der Waals surface area contributed by atoms with E-state index in [1.165, 1.54) is 122 Å². The molecule has 0 aliphatic rings. The van der Waals surface area contributed by atoms with Crippen molar-refractivity contribution in [1.82, 2.24) is 0 Å². The predicted molar refractivity (Wildman–Crippen MR) is 509 cm³/mol. The van der Waals surface area contributed by atoms with Crippen LogP contribution in [0.25, 0.3) is 0 Å². The molecular formula is C103H172O16P2. The number of hydrogen-bond donors (Lipinski definition) is 4. The van der Waals surface area contributed by atoms with Crippen molar-refractivity contribution in [3.63, 3.8) is 0 Å². The Morgan fingerprint density at radius 1 is 0.240 bits per heavy atom. The maximum Gasteiger partial charge on any atom is 0.472 e. The van der Waals surface area contributed by atoms with Gasteiger partial charge in [-0.05, 0) is 167 Å². The van der Waals surface area contributed by atoms with Crippen molar-refractivity contribution < 1.29 is 75.8 Å². The van der Waals surface area contributed by atoms with Gasteiger partial charge < -0.3 is 34.2 Å². The van der Waals surface area contributed by atoms with Crippen molar-refractivity contribution in [1.29, 1.82) is 0 Å². The molecule has 121 heavy (non-hydrogen) atoms. The molecule has 0 saturated carbocycles. The number of hydrogen-bond acceptors (Lipinski definition) is 14. The molecule has 0 aromatic rings. The van der Waals surface area contributed by atoms with Gasteiger partial charge in [-0.25, -0.2) is 9.13 Å². The summed E-state index contributed by atoms with van der Waals surface area (Å²) in [6.45, 7) is 2.44. The molecule has 0 spiro atoms. The first kappa shape index (κ1) is 115. The lowest BCUT2D eigenvalue weighted by Gasteiger charge is -2.21. The maximum atomic E-state index is 13.1. The van der Waals surface area contributed by atoms with Crippen molar-refractivity contribution in [3.8, 4) is 0 Å². The second-order valence-corrected chi connectivity index (χ2v) is 34.3. The van der Waals surface area contributed by atoms with Gasteiger partial charge in [0.25, 0.3) is 0 Å². The van der Waals surface area contributed by atoms with Crippen LogP contribution in [0.5, 0.6) is 0 Å². The van der Waals surface area contributed by atoms with E-state index in [9.17, 15) is 43.5 Å². The Hall–Kier alpha value is -5.61. The third-order valence-corrected chi connectivity index (χ3v) is 21.7. The van der Waals surface area contributed by atoms with Crippen molar-refractivity contribution in [2.24, 2.45) is 0 Å². The molecule has 0 fully saturated rings. The van der Waals surface area contributed by atoms with Gasteiger partial charge in [0.1, 0.15) is 25.4 Å². The van der Waals surface area contributed by atoms with Crippen LogP contribution in [0.1, 0.15) is 380 Å². The molecule has 0 radical (unpaired) electrons. The summed E-state index contributed by atoms with van der Waals surface area (Å²) in [5.74, 6) is -1.59. The van der Waals surface area contributed by atoms with Crippen LogP contribution in [-0.2, 0) is 55.8 Å². The minimum absolute atomic E-state index is 0.0858. The summed E-state index contributed by atoms with van der Waals surface area (Å²) in [4.78, 5) is 59.1. The standard InChI is InChI=1S/C103H172O16P2/c1-4-7-10-13-16-19-22-25-28-31-34-37-40-42-44-46-47-48-49-51-53-54-57-59-62-65-68-71-74-77-80-83-86-89-101(106)113-92-98(104)93-115-120(109,110)116-94-99(105)95-117-121(111,112)118-97-100(119-103(108)91-88-85-82-79-76-73-70-67-64-61-56-39-36-33-30-27-24-21-18-15-12-9-6-3)96-114-102(107)90-87-84-81-78-75-72-69-66-63-60-58-55-52-50-45-43-41-38-35-32-29-26-23-20-17-14-11-8-5-2/h7-8,10-11,16-21,25-30,34-39,42-45,47-48,52,55,61,64,98-100,104-105H,4-6,9,12-15,22-24,31-33,40-41,46,49-51,53-54,56-60,62-63,65-97H2,1-3H3,(H,109,110)(H,111,112)/b10-7-,11-8-,19-16-,20-17-,21-18-,28-25-,29-26-,30-27-,37-34-,38-35-,39-36-,44-42-,45-43-,48-47-,55-52-,64-61-. The van der Waals surface area contributed by atoms with E-state index in [2.05, 4.69) is 215 Å². The molecule has 18 heteroatoms. The average molecular weight is 1730 g/mol. The number of esters is 3. The molecule has 4 N–H and O–H groups in total. The van der Waals surface area contributed by atoms with Gasteiger partial charge in [0.05, 0.1) is 26.4 Å². The summed E-state index contributed by atoms with van der Waals surface area (Å²) in [6, 6.07) is 0. The fourth-order valence-electron chi connectivity index (χ4n) is 12.6. The van der Waals surface area contributed by atoms with E-state index in [-0.39, 0.29) is 19.3 Å². The highest BCUT2D eigenvalue weighted by Gasteiger charge is 2.30. The molecule has 0 saturated heterocycles. The summed E-state index contributed by atoms with van der Waals surface area (Å²) in [5, 5.41) is 20.8. The number of unbranched alkanes of at least 4 members (excludes halogenated alkanes) is 34. The topological polar surface area (TPSA) is 231 Å². The number of allylic oxidation sites excluding steroid dienone is 32. The van der Waals surface area contributed by atoms with Crippen LogP contribution >= 0.6 is 15.6 Å². The fourth-order valence-corrected chi connectivity index (χ4v) is 14.2. The summed E-state index contributed by atoms with van der Waals surface area (Å²) >= 11 is 0. The van der Waals surface area contributed by atoms with Crippen molar-refractivity contribution in [2.45, 2.75) is 399 Å². The largest absolute Gasteiger partial charge is 0.472 e. The second-order valence-electron chi connectivity index (χ2n) is 31.4. The highest BCUT2D eigenvalue weighted by Crippen LogP contribution is 2.45. The minimum Gasteiger partial charge on any atom is -0.463 e. The van der Waals surface area contributed by atoms with E-state index >= 15 is 0 Å². The van der Waals surface area contributed by atoms with Gasteiger partial charge in [-0.15, -0.1) is 0 Å².